The number of hydrogen-bond acceptors (Lipinski definition) is 6. The Morgan fingerprint density at radius 1 is 0.917 bits per heavy atom. The van der Waals surface area contributed by atoms with Gasteiger partial charge in [-0.25, -0.2) is 12.8 Å². The van der Waals surface area contributed by atoms with Gasteiger partial charge in [-0.3, -0.25) is 14.4 Å². The topological polar surface area (TPSA) is 117 Å². The summed E-state index contributed by atoms with van der Waals surface area (Å²) in [5.41, 5.74) is 0.823. The monoisotopic (exact) mass is 513 g/mol. The first-order valence-electron chi connectivity index (χ1n) is 11.2. The molecule has 0 radical (unpaired) electrons. The number of piperazine rings is 1. The molecule has 9 nitrogen and oxygen atoms in total. The van der Waals surface area contributed by atoms with Crippen molar-refractivity contribution >= 4 is 27.6 Å². The minimum atomic E-state index is -4.43. The Kier molecular flexibility index (Phi) is 7.20. The van der Waals surface area contributed by atoms with E-state index in [1.807, 2.05) is 0 Å². The molecule has 1 aliphatic heterocycles. The predicted molar refractivity (Wildman–Crippen MR) is 127 cm³/mol. The van der Waals surface area contributed by atoms with E-state index < -0.39 is 32.8 Å². The van der Waals surface area contributed by atoms with Crippen molar-refractivity contribution in [1.82, 2.24) is 15.1 Å². The van der Waals surface area contributed by atoms with Crippen molar-refractivity contribution in [2.75, 3.05) is 26.2 Å². The molecule has 2 aromatic carbocycles. The lowest BCUT2D eigenvalue weighted by Crippen LogP contribution is -2.57. The first-order valence-corrected chi connectivity index (χ1v) is 12.7. The third kappa shape index (κ3) is 5.15. The Hall–Kier alpha value is -3.99. The fourth-order valence-corrected chi connectivity index (χ4v) is 5.37. The molecule has 1 saturated heterocycles. The van der Waals surface area contributed by atoms with Gasteiger partial charge in [0.05, 0.1) is 11.2 Å². The van der Waals surface area contributed by atoms with Crippen LogP contribution >= 0.6 is 0 Å². The quantitative estimate of drug-likeness (QED) is 0.506. The van der Waals surface area contributed by atoms with Crippen molar-refractivity contribution in [1.29, 1.82) is 0 Å². The second kappa shape index (κ2) is 10.3. The van der Waals surface area contributed by atoms with Crippen molar-refractivity contribution in [3.05, 3.63) is 89.6 Å². The standard InChI is InChI=1S/C25H24FN3O6S/c1-17-5-2-3-6-20(17)22(30)27-23(36(33,34)19-10-8-18(26)9-11-19)25(32)29-14-12-28(13-15-29)24(31)21-7-4-16-35-21/h2-11,16,23H,12-15H2,1H3,(H,27,30). The van der Waals surface area contributed by atoms with E-state index in [9.17, 15) is 27.2 Å². The Labute approximate surface area is 207 Å². The Balaban J connectivity index is 1.58. The minimum absolute atomic E-state index is 0.0565. The lowest BCUT2D eigenvalue weighted by Gasteiger charge is -2.36. The van der Waals surface area contributed by atoms with Gasteiger partial charge in [-0.15, -0.1) is 0 Å². The van der Waals surface area contributed by atoms with Crippen LogP contribution in [0.5, 0.6) is 0 Å². The van der Waals surface area contributed by atoms with Crippen LogP contribution in [0.15, 0.2) is 76.2 Å². The molecule has 3 aromatic rings. The molecule has 1 aromatic heterocycles. The number of benzene rings is 2. The van der Waals surface area contributed by atoms with Gasteiger partial charge in [-0.05, 0) is 55.0 Å². The van der Waals surface area contributed by atoms with Gasteiger partial charge < -0.3 is 19.5 Å². The first-order chi connectivity index (χ1) is 17.2. The van der Waals surface area contributed by atoms with Gasteiger partial charge in [0, 0.05) is 31.7 Å². The lowest BCUT2D eigenvalue weighted by molar-refractivity contribution is -0.132. The van der Waals surface area contributed by atoms with Crippen LogP contribution in [0, 0.1) is 12.7 Å². The van der Waals surface area contributed by atoms with E-state index in [1.54, 1.807) is 31.2 Å². The molecule has 2 heterocycles. The lowest BCUT2D eigenvalue weighted by atomic mass is 10.1. The van der Waals surface area contributed by atoms with Crippen LogP contribution in [0.4, 0.5) is 4.39 Å². The second-order valence-corrected chi connectivity index (χ2v) is 10.3. The summed E-state index contributed by atoms with van der Waals surface area (Å²) in [5.74, 6) is -2.39. The van der Waals surface area contributed by atoms with Gasteiger partial charge in [-0.1, -0.05) is 18.2 Å². The molecule has 11 heteroatoms. The number of sulfone groups is 1. The number of furan rings is 1. The van der Waals surface area contributed by atoms with Gasteiger partial charge in [0.15, 0.2) is 5.76 Å². The Morgan fingerprint density at radius 3 is 2.17 bits per heavy atom. The number of rotatable bonds is 6. The number of aryl methyl sites for hydroxylation is 1. The highest BCUT2D eigenvalue weighted by Gasteiger charge is 2.40. The maximum atomic E-state index is 13.5. The maximum Gasteiger partial charge on any atom is 0.289 e. The average Bonchev–Trinajstić information content (AvgIpc) is 3.42. The van der Waals surface area contributed by atoms with Crippen LogP contribution in [-0.2, 0) is 14.6 Å². The van der Waals surface area contributed by atoms with Crippen molar-refractivity contribution in [3.63, 3.8) is 0 Å². The molecule has 0 bridgehead atoms. The summed E-state index contributed by atoms with van der Waals surface area (Å²) in [5, 5.41) is 0.431. The van der Waals surface area contributed by atoms with Crippen LogP contribution in [0.1, 0.15) is 26.5 Å². The fourth-order valence-electron chi connectivity index (χ4n) is 3.91. The number of hydrogen-bond donors (Lipinski definition) is 1. The van der Waals surface area contributed by atoms with Crippen LogP contribution < -0.4 is 5.32 Å². The fraction of sp³-hybridized carbons (Fsp3) is 0.240. The summed E-state index contributed by atoms with van der Waals surface area (Å²) < 4.78 is 45.5. The minimum Gasteiger partial charge on any atom is -0.459 e. The van der Waals surface area contributed by atoms with E-state index in [4.69, 9.17) is 4.42 Å². The molecular formula is C25H24FN3O6S. The molecule has 1 fully saturated rings. The molecule has 1 N–H and O–H groups in total. The Bertz CT molecular complexity index is 1370. The summed E-state index contributed by atoms with van der Waals surface area (Å²) in [4.78, 5) is 41.5. The van der Waals surface area contributed by atoms with Gasteiger partial charge in [-0.2, -0.15) is 0 Å². The van der Waals surface area contributed by atoms with E-state index in [-0.39, 0.29) is 48.3 Å². The highest BCUT2D eigenvalue weighted by atomic mass is 32.2. The molecule has 188 valence electrons. The Morgan fingerprint density at radius 2 is 1.56 bits per heavy atom. The number of halogens is 1. The largest absolute Gasteiger partial charge is 0.459 e. The summed E-state index contributed by atoms with van der Waals surface area (Å²) >= 11 is 0. The van der Waals surface area contributed by atoms with E-state index >= 15 is 0 Å². The number of nitrogens with one attached hydrogen (secondary N) is 1. The zero-order valence-electron chi connectivity index (χ0n) is 19.4. The molecule has 1 atom stereocenters. The van der Waals surface area contributed by atoms with Gasteiger partial charge in [0.1, 0.15) is 5.82 Å². The predicted octanol–water partition coefficient (Wildman–Crippen LogP) is 2.24. The highest BCUT2D eigenvalue weighted by molar-refractivity contribution is 7.92. The average molecular weight is 514 g/mol. The summed E-state index contributed by atoms with van der Waals surface area (Å²) in [6, 6.07) is 13.7. The molecule has 1 aliphatic rings. The van der Waals surface area contributed by atoms with Crippen LogP contribution in [-0.4, -0.2) is 67.5 Å². The molecule has 0 spiro atoms. The van der Waals surface area contributed by atoms with E-state index in [0.29, 0.717) is 5.56 Å². The van der Waals surface area contributed by atoms with Crippen molar-refractivity contribution in [2.45, 2.75) is 17.2 Å². The normalized spacial score (nSPS) is 14.8. The smallest absolute Gasteiger partial charge is 0.289 e. The van der Waals surface area contributed by atoms with Crippen LogP contribution in [0.3, 0.4) is 0 Å². The van der Waals surface area contributed by atoms with E-state index in [1.165, 1.54) is 28.2 Å². The summed E-state index contributed by atoms with van der Waals surface area (Å²) in [7, 11) is -4.43. The van der Waals surface area contributed by atoms with Gasteiger partial charge in [0.25, 0.3) is 17.7 Å². The van der Waals surface area contributed by atoms with Crippen LogP contribution in [0.25, 0.3) is 0 Å². The number of nitrogens with zero attached hydrogens (tertiary/aromatic N) is 2. The summed E-state index contributed by atoms with van der Waals surface area (Å²) in [6.07, 6.45) is 1.38. The first kappa shape index (κ1) is 25.1. The third-order valence-corrected chi connectivity index (χ3v) is 7.81. The zero-order chi connectivity index (χ0) is 25.9. The molecule has 3 amide bonds. The second-order valence-electron chi connectivity index (χ2n) is 8.26. The SMILES string of the molecule is Cc1ccccc1C(=O)NC(C(=O)N1CCN(C(=O)c2ccco2)CC1)S(=O)(=O)c1ccc(F)cc1. The number of carbonyl (C=O) groups is 3. The molecule has 36 heavy (non-hydrogen) atoms. The molecule has 1 unspecified atom stereocenters. The van der Waals surface area contributed by atoms with Gasteiger partial charge >= 0.3 is 0 Å². The highest BCUT2D eigenvalue weighted by Crippen LogP contribution is 2.20. The third-order valence-electron chi connectivity index (χ3n) is 5.94. The van der Waals surface area contributed by atoms with E-state index in [2.05, 4.69) is 5.32 Å². The number of amides is 3. The maximum absolute atomic E-state index is 13.5. The molecule has 0 saturated carbocycles. The number of carbonyl (C=O) groups excluding carboxylic acids is 3. The van der Waals surface area contributed by atoms with Crippen molar-refractivity contribution < 1.29 is 31.6 Å². The van der Waals surface area contributed by atoms with Crippen molar-refractivity contribution in [3.8, 4) is 0 Å². The zero-order valence-corrected chi connectivity index (χ0v) is 20.2. The molecule has 0 aliphatic carbocycles. The van der Waals surface area contributed by atoms with Gasteiger partial charge in [0.2, 0.25) is 15.2 Å². The van der Waals surface area contributed by atoms with Crippen molar-refractivity contribution in [2.24, 2.45) is 0 Å². The summed E-state index contributed by atoms with van der Waals surface area (Å²) in [6.45, 7) is 2.11. The van der Waals surface area contributed by atoms with E-state index in [0.717, 1.165) is 24.3 Å². The molecule has 4 rings (SSSR count). The molecular weight excluding hydrogens is 489 g/mol. The van der Waals surface area contributed by atoms with Crippen LogP contribution in [0.2, 0.25) is 0 Å².